The lowest BCUT2D eigenvalue weighted by atomic mass is 9.96. The summed E-state index contributed by atoms with van der Waals surface area (Å²) in [5.74, 6) is -29.2. The molecule has 1 aliphatic heterocycles. The number of carboxylic acid groups (broad SMARTS) is 7. The van der Waals surface area contributed by atoms with Gasteiger partial charge in [-0.15, -0.1) is 0 Å². The number of carboxylic acids is 7. The lowest BCUT2D eigenvalue weighted by Gasteiger charge is -2.33. The van der Waals surface area contributed by atoms with E-state index in [4.69, 9.17) is 5.73 Å². The number of rotatable bonds is 54. The molecule has 1 aliphatic rings. The molecule has 3 rings (SSSR count). The Balaban J connectivity index is 2.02. The van der Waals surface area contributed by atoms with Crippen molar-refractivity contribution < 1.29 is 154 Å². The van der Waals surface area contributed by atoms with Crippen molar-refractivity contribution in [3.63, 3.8) is 0 Å². The Morgan fingerprint density at radius 1 is 0.462 bits per heavy atom. The number of likely N-dealkylation sites (tertiary alicyclic amines) is 1. The maximum Gasteiger partial charge on any atom is 0.446 e. The largest absolute Gasteiger partial charge is 0.481 e. The maximum atomic E-state index is 14.9. The normalized spacial score (nSPS) is 15.4. The summed E-state index contributed by atoms with van der Waals surface area (Å²) in [6.07, 6.45) is -11.0. The van der Waals surface area contributed by atoms with Crippen molar-refractivity contribution in [1.82, 2.24) is 68.7 Å². The van der Waals surface area contributed by atoms with Crippen molar-refractivity contribution in [2.24, 2.45) is 17.6 Å². The molecule has 656 valence electrons. The molecule has 13 unspecified atom stereocenters. The Morgan fingerprint density at radius 3 is 1.26 bits per heavy atom. The van der Waals surface area contributed by atoms with Crippen molar-refractivity contribution in [3.05, 3.63) is 65.7 Å². The summed E-state index contributed by atoms with van der Waals surface area (Å²) >= 11 is 0. The minimum Gasteiger partial charge on any atom is -0.481 e. The number of benzene rings is 2. The van der Waals surface area contributed by atoms with Crippen LogP contribution in [0.25, 0.3) is 0 Å². The van der Waals surface area contributed by atoms with Gasteiger partial charge in [0.25, 0.3) is 0 Å². The monoisotopic (exact) mass is 1700 g/mol. The Hall–Kier alpha value is -13.0. The van der Waals surface area contributed by atoms with Gasteiger partial charge in [0.2, 0.25) is 82.7 Å². The molecule has 14 amide bonds. The van der Waals surface area contributed by atoms with Crippen LogP contribution in [0.15, 0.2) is 54.6 Å². The van der Waals surface area contributed by atoms with Crippen LogP contribution in [-0.4, -0.2) is 264 Å². The van der Waals surface area contributed by atoms with Crippen LogP contribution < -0.4 is 73.7 Å². The Morgan fingerprint density at radius 2 is 0.849 bits per heavy atom. The predicted octanol–water partition coefficient (Wildman–Crippen LogP) is -5.04. The first-order chi connectivity index (χ1) is 55.7. The van der Waals surface area contributed by atoms with Crippen LogP contribution in [0.4, 0.5) is 0 Å². The quantitative estimate of drug-likeness (QED) is 0.0276. The van der Waals surface area contributed by atoms with Crippen molar-refractivity contribution in [2.75, 3.05) is 13.1 Å². The van der Waals surface area contributed by atoms with E-state index >= 15 is 0 Å². The molecule has 46 nitrogen and oxygen atoms in total. The molecule has 1 fully saturated rings. The maximum absolute atomic E-state index is 14.9. The zero-order valence-corrected chi connectivity index (χ0v) is 66.0. The van der Waals surface area contributed by atoms with Crippen molar-refractivity contribution in [2.45, 2.75) is 223 Å². The molecule has 0 aliphatic carbocycles. The number of carbonyl (C=O) groups excluding carboxylic acids is 14. The van der Waals surface area contributed by atoms with Gasteiger partial charge in [0.15, 0.2) is 0 Å². The fourth-order valence-corrected chi connectivity index (χ4v) is 12.2. The molecule has 119 heavy (non-hydrogen) atoms. The van der Waals surface area contributed by atoms with Crippen LogP contribution >= 0.6 is 0 Å². The van der Waals surface area contributed by atoms with E-state index in [2.05, 4.69) is 62.7 Å². The third kappa shape index (κ3) is 37.7. The summed E-state index contributed by atoms with van der Waals surface area (Å²) < 4.78 is 36.6. The first kappa shape index (κ1) is 100. The van der Waals surface area contributed by atoms with Gasteiger partial charge in [-0.1, -0.05) is 76.6 Å². The minimum absolute atomic E-state index is 0.0491. The average molecular weight is 1710 g/mol. The number of carbonyl (C=O) groups is 21. The van der Waals surface area contributed by atoms with Gasteiger partial charge >= 0.3 is 52.2 Å². The standard InChI is InChI=1S/C72H100N14O32S/c1-6-36(4)60(85-65(106)44(22-27-57(96)97)78-62(103)41(19-24-54(90)91)79-67(108)47(30-38-11-8-7-9-12-38)84-69(110)50(33-59(100)101)76-53(89)34-74-61(102)49(32-58(98)99)75-37(5)87)71(112)86-28-10-13-51(86)70(111)80-43(21-26-56(94)95)63(104)77-42(20-25-55(92)93)64(105)83-48(31-39-14-16-40(17-15-39)118-119(115,116)117)68(109)82-46(29-35(2)3)66(107)81-45(72(113)114)18-23-52(73)88/h7-9,11-12,14-17,35-36,41-51,60H,6,10,13,18-34H2,1-5H3,(H2,73,88)(H,74,102)(H,75,87)(H,76,89)(H,77,104)(H,78,103)(H,79,108)(H,80,111)(H,81,107)(H,82,109)(H,83,105)(H,84,110)(H,85,106)(H,90,91)(H,92,93)(H,94,95)(H,96,97)(H,98,99)(H,100,101)(H,113,114)(H,115,116,117). The van der Waals surface area contributed by atoms with Gasteiger partial charge < -0.3 is 114 Å². The highest BCUT2D eigenvalue weighted by atomic mass is 32.3. The second-order valence-corrected chi connectivity index (χ2v) is 29.1. The molecule has 0 saturated carbocycles. The first-order valence-corrected chi connectivity index (χ1v) is 38.5. The van der Waals surface area contributed by atoms with Crippen LogP contribution in [0.5, 0.6) is 5.75 Å². The Kier molecular flexibility index (Phi) is 41.4. The minimum atomic E-state index is -5.05. The fraction of sp³-hybridized carbons (Fsp3) is 0.542. The van der Waals surface area contributed by atoms with Gasteiger partial charge in [-0.05, 0) is 86.5 Å². The van der Waals surface area contributed by atoms with Gasteiger partial charge in [0.1, 0.15) is 78.3 Å². The number of nitrogens with one attached hydrogen (secondary N) is 12. The smallest absolute Gasteiger partial charge is 0.446 e. The number of hydrogen-bond donors (Lipinski definition) is 21. The number of primary amides is 1. The van der Waals surface area contributed by atoms with E-state index in [-0.39, 0.29) is 37.8 Å². The van der Waals surface area contributed by atoms with Crippen LogP contribution in [0.1, 0.15) is 148 Å². The van der Waals surface area contributed by atoms with Gasteiger partial charge in [-0.3, -0.25) is 100 Å². The van der Waals surface area contributed by atoms with E-state index in [1.807, 2.05) is 5.32 Å². The highest BCUT2D eigenvalue weighted by molar-refractivity contribution is 7.81. The van der Waals surface area contributed by atoms with Crippen molar-refractivity contribution >= 4 is 135 Å². The molecule has 2 aromatic carbocycles. The van der Waals surface area contributed by atoms with E-state index in [0.29, 0.717) is 5.56 Å². The van der Waals surface area contributed by atoms with Crippen LogP contribution in [0.2, 0.25) is 0 Å². The number of nitrogens with zero attached hydrogens (tertiary/aromatic N) is 1. The highest BCUT2D eigenvalue weighted by Gasteiger charge is 2.43. The van der Waals surface area contributed by atoms with E-state index < -0.39 is 321 Å². The summed E-state index contributed by atoms with van der Waals surface area (Å²) in [5.41, 5.74) is 5.58. The summed E-state index contributed by atoms with van der Waals surface area (Å²) in [6.45, 7) is 5.98. The lowest BCUT2D eigenvalue weighted by molar-refractivity contribution is -0.144. The van der Waals surface area contributed by atoms with E-state index in [1.165, 1.54) is 43.3 Å². The van der Waals surface area contributed by atoms with Gasteiger partial charge in [-0.25, -0.2) is 4.79 Å². The Labute approximate surface area is 679 Å². The van der Waals surface area contributed by atoms with Gasteiger partial charge in [-0.2, -0.15) is 8.42 Å². The second-order valence-electron chi connectivity index (χ2n) is 28.1. The second kappa shape index (κ2) is 49.2. The SMILES string of the molecule is CCC(C)C(NC(=O)C(CCC(=O)O)NC(=O)C(CCC(=O)O)NC(=O)C(Cc1ccccc1)NC(=O)C(CC(=O)O)NC(=O)CNC(=O)C(CC(=O)O)NC(C)=O)C(=O)N1CCCC1C(=O)NC(CCC(=O)O)C(=O)NC(CCC(=O)O)C(=O)NC(Cc1ccc(OS(=O)(=O)O)cc1)C(=O)NC(CC(C)C)C(=O)NC(CCC(N)=O)C(=O)O. The molecule has 2 aromatic rings. The number of nitrogens with two attached hydrogens (primary N) is 1. The molecule has 1 saturated heterocycles. The molecule has 22 N–H and O–H groups in total. The molecule has 47 heteroatoms. The molecule has 13 atom stereocenters. The number of aliphatic carboxylic acids is 7. The fourth-order valence-electron chi connectivity index (χ4n) is 11.8. The van der Waals surface area contributed by atoms with Crippen molar-refractivity contribution in [1.29, 1.82) is 0 Å². The molecular formula is C72H100N14O32S. The van der Waals surface area contributed by atoms with Crippen LogP contribution in [-0.2, 0) is 124 Å². The molecule has 1 heterocycles. The molecule has 0 bridgehead atoms. The number of hydrogen-bond acceptors (Lipinski definition) is 24. The summed E-state index contributed by atoms with van der Waals surface area (Å²) in [5, 5.41) is 95.1. The zero-order valence-electron chi connectivity index (χ0n) is 65.2. The molecule has 0 radical (unpaired) electrons. The Bertz CT molecular complexity index is 4140. The highest BCUT2D eigenvalue weighted by Crippen LogP contribution is 2.24. The van der Waals surface area contributed by atoms with Gasteiger partial charge in [0, 0.05) is 58.4 Å². The van der Waals surface area contributed by atoms with E-state index in [9.17, 15) is 149 Å². The zero-order chi connectivity index (χ0) is 89.7. The third-order valence-electron chi connectivity index (χ3n) is 18.0. The average Bonchev–Trinajstić information content (AvgIpc) is 1.73. The molecule has 0 aromatic heterocycles. The first-order valence-electron chi connectivity index (χ1n) is 37.2. The number of amides is 14. The van der Waals surface area contributed by atoms with E-state index in [1.54, 1.807) is 26.8 Å². The predicted molar refractivity (Wildman–Crippen MR) is 404 cm³/mol. The molecule has 0 spiro atoms. The molecular weight excluding hydrogens is 1600 g/mol. The van der Waals surface area contributed by atoms with Crippen LogP contribution in [0.3, 0.4) is 0 Å². The summed E-state index contributed by atoms with van der Waals surface area (Å²) in [6, 6.07) is -9.91. The van der Waals surface area contributed by atoms with Gasteiger partial charge in [0.05, 0.1) is 19.4 Å². The van der Waals surface area contributed by atoms with E-state index in [0.717, 1.165) is 24.0 Å². The van der Waals surface area contributed by atoms with Crippen LogP contribution in [0, 0.1) is 11.8 Å². The lowest BCUT2D eigenvalue weighted by Crippen LogP contribution is -2.61. The topological polar surface area (TPSA) is 737 Å². The third-order valence-corrected chi connectivity index (χ3v) is 18.4. The van der Waals surface area contributed by atoms with Crippen molar-refractivity contribution in [3.8, 4) is 5.75 Å². The summed E-state index contributed by atoms with van der Waals surface area (Å²) in [7, 11) is -5.05. The summed E-state index contributed by atoms with van der Waals surface area (Å²) in [4.78, 5) is 278.